The van der Waals surface area contributed by atoms with Crippen LogP contribution < -0.4 is 26.6 Å². The maximum absolute atomic E-state index is 12.5. The van der Waals surface area contributed by atoms with Crippen molar-refractivity contribution in [1.82, 2.24) is 30.6 Å². The van der Waals surface area contributed by atoms with Gasteiger partial charge in [-0.3, -0.25) is 9.59 Å². The van der Waals surface area contributed by atoms with Crippen molar-refractivity contribution in [3.8, 4) is 5.75 Å². The van der Waals surface area contributed by atoms with Crippen LogP contribution in [0.4, 0.5) is 0 Å². The van der Waals surface area contributed by atoms with Crippen LogP contribution >= 0.6 is 0 Å². The molecular weight excluding hydrogens is 444 g/mol. The number of hydrogen-bond acceptors (Lipinski definition) is 6. The van der Waals surface area contributed by atoms with Crippen molar-refractivity contribution in [3.05, 3.63) is 103 Å². The van der Waals surface area contributed by atoms with Crippen molar-refractivity contribution < 1.29 is 4.74 Å². The summed E-state index contributed by atoms with van der Waals surface area (Å²) in [5.74, 6) is 1.54. The molecule has 0 fully saturated rings. The Labute approximate surface area is 201 Å². The lowest BCUT2D eigenvalue weighted by Crippen LogP contribution is -2.46. The zero-order valence-corrected chi connectivity index (χ0v) is 19.4. The van der Waals surface area contributed by atoms with Gasteiger partial charge in [0.1, 0.15) is 16.4 Å². The van der Waals surface area contributed by atoms with Crippen molar-refractivity contribution in [3.63, 3.8) is 0 Å². The monoisotopic (exact) mass is 472 g/mol. The number of tetrazole rings is 1. The number of nitrogens with one attached hydrogen (secondary N) is 3. The molecule has 0 atom stereocenters. The first-order valence-corrected chi connectivity index (χ1v) is 11.7. The summed E-state index contributed by atoms with van der Waals surface area (Å²) in [6.45, 7) is 0.653. The third-order valence-electron chi connectivity index (χ3n) is 5.49. The highest BCUT2D eigenvalue weighted by Crippen LogP contribution is 2.13. The standard InChI is InChI=1S/C26H28N6O3/c33-25-22(17-19-9-5-4-6-10-19)27-26(34)23(28-25)18-20-12-14-21(15-13-20)35-16-8-3-1-2-7-11-24-29-31-32-30-24/h4-6,9-10,12-15,17-18H,1-3,7-8,11,16H2,(H,27,34)(H,28,33)(H,29,30,31,32)/b22-17-,23-18-. The zero-order chi connectivity index (χ0) is 24.3. The van der Waals surface area contributed by atoms with Crippen LogP contribution in [0.5, 0.6) is 5.75 Å². The van der Waals surface area contributed by atoms with Crippen molar-refractivity contribution in [2.45, 2.75) is 38.5 Å². The maximum atomic E-state index is 12.5. The van der Waals surface area contributed by atoms with Gasteiger partial charge in [-0.2, -0.15) is 5.21 Å². The van der Waals surface area contributed by atoms with Crippen molar-refractivity contribution >= 4 is 12.2 Å². The highest BCUT2D eigenvalue weighted by atomic mass is 16.5. The van der Waals surface area contributed by atoms with Crippen LogP contribution in [0.1, 0.15) is 49.1 Å². The quantitative estimate of drug-likeness (QED) is 0.286. The number of benzene rings is 2. The Morgan fingerprint density at radius 1 is 0.743 bits per heavy atom. The highest BCUT2D eigenvalue weighted by Gasteiger charge is 2.00. The molecule has 3 N–H and O–H groups in total. The zero-order valence-electron chi connectivity index (χ0n) is 19.4. The number of unbranched alkanes of at least 4 members (excludes halogenated alkanes) is 4. The number of aromatic amines is 3. The Morgan fingerprint density at radius 3 is 2.03 bits per heavy atom. The second-order valence-electron chi connectivity index (χ2n) is 8.20. The van der Waals surface area contributed by atoms with Crippen LogP contribution in [0.2, 0.25) is 0 Å². The molecule has 9 nitrogen and oxygen atoms in total. The van der Waals surface area contributed by atoms with E-state index in [-0.39, 0.29) is 21.8 Å². The second kappa shape index (κ2) is 12.3. The summed E-state index contributed by atoms with van der Waals surface area (Å²) in [5.41, 5.74) is 0.917. The molecule has 0 amide bonds. The number of aryl methyl sites for hydroxylation is 1. The van der Waals surface area contributed by atoms with Crippen LogP contribution in [-0.2, 0) is 6.42 Å². The fourth-order valence-corrected chi connectivity index (χ4v) is 3.63. The number of hydrogen-bond donors (Lipinski definition) is 3. The molecule has 2 heterocycles. The van der Waals surface area contributed by atoms with E-state index in [0.29, 0.717) is 6.61 Å². The molecular formula is C26H28N6O3. The van der Waals surface area contributed by atoms with Crippen LogP contribution in [0.15, 0.2) is 64.2 Å². The molecule has 4 rings (SSSR count). The Balaban J connectivity index is 1.26. The third kappa shape index (κ3) is 7.36. The van der Waals surface area contributed by atoms with Crippen LogP contribution in [0.25, 0.3) is 12.2 Å². The minimum Gasteiger partial charge on any atom is -0.494 e. The Kier molecular flexibility index (Phi) is 8.37. The summed E-state index contributed by atoms with van der Waals surface area (Å²) in [6.07, 6.45) is 9.56. The van der Waals surface area contributed by atoms with Gasteiger partial charge in [0.15, 0.2) is 5.82 Å². The van der Waals surface area contributed by atoms with Gasteiger partial charge < -0.3 is 14.7 Å². The molecule has 0 aliphatic heterocycles. The van der Waals surface area contributed by atoms with Crippen molar-refractivity contribution in [2.24, 2.45) is 0 Å². The van der Waals surface area contributed by atoms with E-state index < -0.39 is 0 Å². The molecule has 0 radical (unpaired) electrons. The smallest absolute Gasteiger partial charge is 0.272 e. The lowest BCUT2D eigenvalue weighted by atomic mass is 10.1. The minimum absolute atomic E-state index is 0.202. The van der Waals surface area contributed by atoms with Crippen molar-refractivity contribution in [2.75, 3.05) is 6.61 Å². The average Bonchev–Trinajstić information content (AvgIpc) is 3.39. The third-order valence-corrected chi connectivity index (χ3v) is 5.49. The fourth-order valence-electron chi connectivity index (χ4n) is 3.63. The summed E-state index contributed by atoms with van der Waals surface area (Å²) >= 11 is 0. The first-order valence-electron chi connectivity index (χ1n) is 11.7. The molecule has 2 aromatic heterocycles. The van der Waals surface area contributed by atoms with Crippen LogP contribution in [0, 0.1) is 0 Å². The summed E-state index contributed by atoms with van der Waals surface area (Å²) in [6, 6.07) is 16.8. The van der Waals surface area contributed by atoms with Gasteiger partial charge in [0.25, 0.3) is 11.1 Å². The first kappa shape index (κ1) is 23.9. The Hall–Kier alpha value is -4.27. The summed E-state index contributed by atoms with van der Waals surface area (Å²) < 4.78 is 5.82. The van der Waals surface area contributed by atoms with Gasteiger partial charge >= 0.3 is 0 Å². The first-order chi connectivity index (χ1) is 17.2. The SMILES string of the molecule is O=c1[nH]/c(=C\c2ccc(OCCCCCCCc3nn[nH]n3)cc2)c(=O)[nH]/c1=C\c1ccccc1. The number of ether oxygens (including phenoxy) is 1. The largest absolute Gasteiger partial charge is 0.494 e. The predicted molar refractivity (Wildman–Crippen MR) is 133 cm³/mol. The normalized spacial score (nSPS) is 12.2. The topological polar surface area (TPSA) is 129 Å². The highest BCUT2D eigenvalue weighted by molar-refractivity contribution is 5.50. The molecule has 0 bridgehead atoms. The molecule has 9 heteroatoms. The Morgan fingerprint density at radius 2 is 1.37 bits per heavy atom. The number of aromatic nitrogens is 6. The van der Waals surface area contributed by atoms with Crippen LogP contribution in [-0.4, -0.2) is 37.2 Å². The van der Waals surface area contributed by atoms with Gasteiger partial charge in [0.2, 0.25) is 0 Å². The summed E-state index contributed by atoms with van der Waals surface area (Å²) in [4.78, 5) is 30.2. The molecule has 180 valence electrons. The van der Waals surface area contributed by atoms with Gasteiger partial charge in [-0.05, 0) is 48.3 Å². The number of rotatable bonds is 11. The van der Waals surface area contributed by atoms with E-state index >= 15 is 0 Å². The average molecular weight is 473 g/mol. The molecule has 0 saturated carbocycles. The van der Waals surface area contributed by atoms with E-state index in [1.54, 1.807) is 12.2 Å². The Bertz CT molecular complexity index is 1430. The van der Waals surface area contributed by atoms with Gasteiger partial charge in [0, 0.05) is 6.42 Å². The molecule has 0 aliphatic rings. The fraction of sp³-hybridized carbons (Fsp3) is 0.269. The van der Waals surface area contributed by atoms with Gasteiger partial charge in [0.05, 0.1) is 6.61 Å². The van der Waals surface area contributed by atoms with E-state index in [1.165, 1.54) is 0 Å². The summed E-state index contributed by atoms with van der Waals surface area (Å²) in [5, 5.41) is 14.3. The van der Waals surface area contributed by atoms with Gasteiger partial charge in [-0.1, -0.05) is 66.9 Å². The number of nitrogens with zero attached hydrogens (tertiary/aromatic N) is 3. The molecule has 35 heavy (non-hydrogen) atoms. The van der Waals surface area contributed by atoms with E-state index in [4.69, 9.17) is 4.74 Å². The molecule has 0 saturated heterocycles. The second-order valence-corrected chi connectivity index (χ2v) is 8.20. The molecule has 0 unspecified atom stereocenters. The molecule has 0 spiro atoms. The van der Waals surface area contributed by atoms with Crippen molar-refractivity contribution in [1.29, 1.82) is 0 Å². The molecule has 0 aliphatic carbocycles. The van der Waals surface area contributed by atoms with E-state index in [9.17, 15) is 9.59 Å². The lowest BCUT2D eigenvalue weighted by molar-refractivity contribution is 0.304. The molecule has 2 aromatic carbocycles. The van der Waals surface area contributed by atoms with Crippen LogP contribution in [0.3, 0.4) is 0 Å². The minimum atomic E-state index is -0.357. The summed E-state index contributed by atoms with van der Waals surface area (Å²) in [7, 11) is 0. The van der Waals surface area contributed by atoms with Gasteiger partial charge in [-0.25, -0.2) is 0 Å². The number of H-pyrrole nitrogens is 3. The van der Waals surface area contributed by atoms with E-state index in [0.717, 1.165) is 61.2 Å². The van der Waals surface area contributed by atoms with E-state index in [1.807, 2.05) is 54.6 Å². The molecule has 4 aromatic rings. The van der Waals surface area contributed by atoms with E-state index in [2.05, 4.69) is 30.6 Å². The maximum Gasteiger partial charge on any atom is 0.272 e. The van der Waals surface area contributed by atoms with Gasteiger partial charge in [-0.15, -0.1) is 10.2 Å². The lowest BCUT2D eigenvalue weighted by Gasteiger charge is -2.06. The predicted octanol–water partition coefficient (Wildman–Crippen LogP) is 1.81.